The van der Waals surface area contributed by atoms with Crippen LogP contribution in [-0.2, 0) is 12.5 Å². The van der Waals surface area contributed by atoms with Crippen molar-refractivity contribution in [3.63, 3.8) is 0 Å². The smallest absolute Gasteiger partial charge is 0.292 e. The van der Waals surface area contributed by atoms with Gasteiger partial charge in [-0.1, -0.05) is 30.3 Å². The molecule has 0 radical (unpaired) electrons. The fourth-order valence-corrected chi connectivity index (χ4v) is 2.17. The summed E-state index contributed by atoms with van der Waals surface area (Å²) in [6.45, 7) is -0.510. The molecule has 0 aliphatic rings. The minimum absolute atomic E-state index is 0.0208. The van der Waals surface area contributed by atoms with Gasteiger partial charge in [-0.25, -0.2) is 0 Å². The van der Waals surface area contributed by atoms with Gasteiger partial charge in [0, 0.05) is 16.6 Å². The van der Waals surface area contributed by atoms with Crippen molar-refractivity contribution in [2.45, 2.75) is 12.5 Å². The molecule has 1 aromatic heterocycles. The lowest BCUT2D eigenvalue weighted by Gasteiger charge is -2.17. The van der Waals surface area contributed by atoms with E-state index in [1.165, 1.54) is 16.8 Å². The molecule has 102 valence electrons. The second-order valence-corrected chi connectivity index (χ2v) is 4.69. The third-order valence-electron chi connectivity index (χ3n) is 3.21. The normalized spacial score (nSPS) is 11.9. The van der Waals surface area contributed by atoms with E-state index in [0.717, 1.165) is 5.39 Å². The van der Waals surface area contributed by atoms with Crippen molar-refractivity contribution >= 4 is 16.6 Å². The third kappa shape index (κ3) is 2.22. The van der Waals surface area contributed by atoms with Gasteiger partial charge < -0.3 is 5.73 Å². The summed E-state index contributed by atoms with van der Waals surface area (Å²) in [7, 11) is 0. The number of nitrogens with zero attached hydrogens (tertiary/aromatic N) is 2. The Kier molecular flexibility index (Phi) is 2.89. The largest absolute Gasteiger partial charge is 0.399 e. The van der Waals surface area contributed by atoms with Crippen LogP contribution in [0, 0.1) is 0 Å². The van der Waals surface area contributed by atoms with Gasteiger partial charge in [-0.3, -0.25) is 4.68 Å². The van der Waals surface area contributed by atoms with E-state index in [1.807, 2.05) is 0 Å². The van der Waals surface area contributed by atoms with Crippen molar-refractivity contribution in [2.24, 2.45) is 0 Å². The molecule has 0 saturated heterocycles. The molecular formula is C15H13F2N3. The van der Waals surface area contributed by atoms with E-state index >= 15 is 0 Å². The van der Waals surface area contributed by atoms with E-state index in [1.54, 1.807) is 42.6 Å². The van der Waals surface area contributed by atoms with Gasteiger partial charge in [0.2, 0.25) is 0 Å². The van der Waals surface area contributed by atoms with Gasteiger partial charge >= 0.3 is 0 Å². The zero-order valence-corrected chi connectivity index (χ0v) is 10.6. The number of hydrogen-bond acceptors (Lipinski definition) is 2. The molecule has 0 aliphatic heterocycles. The molecule has 3 nitrogen and oxygen atoms in total. The molecule has 0 spiro atoms. The summed E-state index contributed by atoms with van der Waals surface area (Å²) in [4.78, 5) is 0. The first-order chi connectivity index (χ1) is 9.56. The Morgan fingerprint density at radius 1 is 1.10 bits per heavy atom. The SMILES string of the molecule is Nc1ccc2cnn(CC(F)(F)c3ccccc3)c2c1. The Bertz CT molecular complexity index is 735. The first-order valence-electron chi connectivity index (χ1n) is 6.21. The highest BCUT2D eigenvalue weighted by Crippen LogP contribution is 2.30. The summed E-state index contributed by atoms with van der Waals surface area (Å²) < 4.78 is 29.8. The number of rotatable bonds is 3. The molecule has 0 aliphatic carbocycles. The fraction of sp³-hybridized carbons (Fsp3) is 0.133. The Morgan fingerprint density at radius 3 is 2.60 bits per heavy atom. The maximum atomic E-state index is 14.3. The standard InChI is InChI=1S/C15H13F2N3/c16-15(17,12-4-2-1-3-5-12)10-20-14-8-13(18)7-6-11(14)9-19-20/h1-9H,10,18H2. The molecule has 1 heterocycles. The molecule has 2 N–H and O–H groups in total. The van der Waals surface area contributed by atoms with Crippen molar-refractivity contribution in [2.75, 3.05) is 5.73 Å². The van der Waals surface area contributed by atoms with Gasteiger partial charge in [0.25, 0.3) is 5.92 Å². The Hall–Kier alpha value is -2.43. The lowest BCUT2D eigenvalue weighted by molar-refractivity contribution is -0.0242. The van der Waals surface area contributed by atoms with Crippen LogP contribution in [0.15, 0.2) is 54.7 Å². The molecule has 0 fully saturated rings. The van der Waals surface area contributed by atoms with Crippen LogP contribution >= 0.6 is 0 Å². The minimum Gasteiger partial charge on any atom is -0.399 e. The Balaban J connectivity index is 1.99. The lowest BCUT2D eigenvalue weighted by atomic mass is 10.1. The topological polar surface area (TPSA) is 43.8 Å². The van der Waals surface area contributed by atoms with Gasteiger partial charge in [-0.2, -0.15) is 13.9 Å². The molecule has 0 amide bonds. The van der Waals surface area contributed by atoms with Crippen LogP contribution in [0.1, 0.15) is 5.56 Å². The van der Waals surface area contributed by atoms with Gasteiger partial charge in [0.05, 0.1) is 11.7 Å². The molecule has 0 unspecified atom stereocenters. The summed E-state index contributed by atoms with van der Waals surface area (Å²) in [5.41, 5.74) is 6.82. The molecule has 0 atom stereocenters. The van der Waals surface area contributed by atoms with Gasteiger partial charge in [-0.05, 0) is 18.2 Å². The highest BCUT2D eigenvalue weighted by molar-refractivity contribution is 5.81. The zero-order valence-electron chi connectivity index (χ0n) is 10.6. The number of hydrogen-bond donors (Lipinski definition) is 1. The van der Waals surface area contributed by atoms with E-state index in [9.17, 15) is 8.78 Å². The van der Waals surface area contributed by atoms with E-state index in [-0.39, 0.29) is 5.56 Å². The number of nitrogen functional groups attached to an aromatic ring is 1. The molecule has 3 rings (SSSR count). The van der Waals surface area contributed by atoms with E-state index in [4.69, 9.17) is 5.73 Å². The molecule has 20 heavy (non-hydrogen) atoms. The summed E-state index contributed by atoms with van der Waals surface area (Å²) in [6.07, 6.45) is 1.57. The van der Waals surface area contributed by atoms with E-state index < -0.39 is 12.5 Å². The van der Waals surface area contributed by atoms with E-state index in [0.29, 0.717) is 11.2 Å². The second-order valence-electron chi connectivity index (χ2n) is 4.69. The second kappa shape index (κ2) is 4.59. The maximum absolute atomic E-state index is 14.3. The number of fused-ring (bicyclic) bond motifs is 1. The average Bonchev–Trinajstić information content (AvgIpc) is 2.82. The van der Waals surface area contributed by atoms with Gasteiger partial charge in [0.1, 0.15) is 6.54 Å². The monoisotopic (exact) mass is 273 g/mol. The van der Waals surface area contributed by atoms with Crippen molar-refractivity contribution in [3.8, 4) is 0 Å². The predicted molar refractivity (Wildman–Crippen MR) is 74.5 cm³/mol. The highest BCUT2D eigenvalue weighted by atomic mass is 19.3. The predicted octanol–water partition coefficient (Wildman–Crippen LogP) is 3.41. The van der Waals surface area contributed by atoms with Gasteiger partial charge in [0.15, 0.2) is 0 Å². The summed E-state index contributed by atoms with van der Waals surface area (Å²) in [5.74, 6) is -2.98. The number of anilines is 1. The van der Waals surface area contributed by atoms with E-state index in [2.05, 4.69) is 5.10 Å². The Labute approximate surface area is 114 Å². The van der Waals surface area contributed by atoms with Crippen molar-refractivity contribution < 1.29 is 8.78 Å². The number of benzene rings is 2. The quantitative estimate of drug-likeness (QED) is 0.743. The van der Waals surface area contributed by atoms with Crippen LogP contribution in [-0.4, -0.2) is 9.78 Å². The molecule has 0 bridgehead atoms. The number of aromatic nitrogens is 2. The summed E-state index contributed by atoms with van der Waals surface area (Å²) in [6, 6.07) is 12.9. The first kappa shape index (κ1) is 12.6. The number of halogens is 2. The van der Waals surface area contributed by atoms with Crippen LogP contribution in [0.3, 0.4) is 0 Å². The molecule has 3 aromatic rings. The molecule has 5 heteroatoms. The van der Waals surface area contributed by atoms with Crippen LogP contribution in [0.4, 0.5) is 14.5 Å². The average molecular weight is 273 g/mol. The highest BCUT2D eigenvalue weighted by Gasteiger charge is 2.32. The first-order valence-corrected chi connectivity index (χ1v) is 6.21. The van der Waals surface area contributed by atoms with Crippen LogP contribution in [0.5, 0.6) is 0 Å². The zero-order chi connectivity index (χ0) is 14.2. The summed E-state index contributed by atoms with van der Waals surface area (Å²) >= 11 is 0. The Morgan fingerprint density at radius 2 is 1.85 bits per heavy atom. The molecule has 0 saturated carbocycles. The lowest BCUT2D eigenvalue weighted by Crippen LogP contribution is -2.22. The van der Waals surface area contributed by atoms with Crippen LogP contribution < -0.4 is 5.73 Å². The number of nitrogens with two attached hydrogens (primary N) is 1. The maximum Gasteiger partial charge on any atom is 0.292 e. The van der Waals surface area contributed by atoms with Crippen LogP contribution in [0.25, 0.3) is 10.9 Å². The van der Waals surface area contributed by atoms with Gasteiger partial charge in [-0.15, -0.1) is 0 Å². The number of alkyl halides is 2. The molecule has 2 aromatic carbocycles. The minimum atomic E-state index is -2.98. The van der Waals surface area contributed by atoms with Crippen LogP contribution in [0.2, 0.25) is 0 Å². The van der Waals surface area contributed by atoms with Crippen molar-refractivity contribution in [3.05, 3.63) is 60.3 Å². The fourth-order valence-electron chi connectivity index (χ4n) is 2.17. The summed E-state index contributed by atoms with van der Waals surface area (Å²) in [5, 5.41) is 4.82. The molecular weight excluding hydrogens is 260 g/mol. The third-order valence-corrected chi connectivity index (χ3v) is 3.21. The van der Waals surface area contributed by atoms with Crippen molar-refractivity contribution in [1.29, 1.82) is 0 Å². The van der Waals surface area contributed by atoms with Crippen molar-refractivity contribution in [1.82, 2.24) is 9.78 Å².